The van der Waals surface area contributed by atoms with Crippen molar-refractivity contribution in [2.45, 2.75) is 25.9 Å². The predicted octanol–water partition coefficient (Wildman–Crippen LogP) is 4.37. The van der Waals surface area contributed by atoms with Crippen molar-refractivity contribution in [2.75, 3.05) is 38.3 Å². The Labute approximate surface area is 172 Å². The summed E-state index contributed by atoms with van der Waals surface area (Å²) in [6.07, 6.45) is 2.52. The van der Waals surface area contributed by atoms with Gasteiger partial charge in [0, 0.05) is 30.7 Å². The maximum atomic E-state index is 5.80. The maximum absolute atomic E-state index is 5.80. The Hall–Kier alpha value is -2.11. The number of nitrogens with two attached hydrogens (primary N) is 1. The van der Waals surface area contributed by atoms with Gasteiger partial charge in [-0.05, 0) is 43.0 Å². The van der Waals surface area contributed by atoms with E-state index in [0.29, 0.717) is 23.9 Å². The number of nitrogens with zero attached hydrogens (tertiary/aromatic N) is 1. The molecule has 1 saturated heterocycles. The van der Waals surface area contributed by atoms with E-state index in [0.717, 1.165) is 30.5 Å². The van der Waals surface area contributed by atoms with E-state index >= 15 is 0 Å². The van der Waals surface area contributed by atoms with Crippen LogP contribution >= 0.6 is 11.6 Å². The number of piperidine rings is 1. The van der Waals surface area contributed by atoms with Crippen molar-refractivity contribution in [3.8, 4) is 17.2 Å². The molecule has 0 aromatic heterocycles. The van der Waals surface area contributed by atoms with Crippen LogP contribution in [0.2, 0.25) is 5.02 Å². The molecule has 0 radical (unpaired) electrons. The lowest BCUT2D eigenvalue weighted by Crippen LogP contribution is -2.35. The highest BCUT2D eigenvalue weighted by Gasteiger charge is 2.20. The number of para-hydroxylation sites is 2. The van der Waals surface area contributed by atoms with Gasteiger partial charge in [0.1, 0.15) is 18.5 Å². The van der Waals surface area contributed by atoms with E-state index in [-0.39, 0.29) is 6.10 Å². The Balaban J connectivity index is 0.000000162. The minimum atomic E-state index is -0.0639. The number of ether oxygens (including phenoxy) is 3. The van der Waals surface area contributed by atoms with Crippen LogP contribution in [-0.4, -0.2) is 39.5 Å². The fraction of sp³-hybridized carbons (Fsp3) is 0.455. The van der Waals surface area contributed by atoms with Crippen LogP contribution in [0, 0.1) is 5.92 Å². The third-order valence-electron chi connectivity index (χ3n) is 5.10. The van der Waals surface area contributed by atoms with Gasteiger partial charge in [-0.25, -0.2) is 0 Å². The number of halogens is 1. The Morgan fingerprint density at radius 3 is 2.61 bits per heavy atom. The van der Waals surface area contributed by atoms with Crippen LogP contribution < -0.4 is 24.8 Å². The van der Waals surface area contributed by atoms with Gasteiger partial charge in [-0.1, -0.05) is 30.7 Å². The van der Waals surface area contributed by atoms with Crippen LogP contribution in [0.3, 0.4) is 0 Å². The predicted molar refractivity (Wildman–Crippen MR) is 114 cm³/mol. The summed E-state index contributed by atoms with van der Waals surface area (Å²) in [6, 6.07) is 13.6. The van der Waals surface area contributed by atoms with Gasteiger partial charge in [0.05, 0.1) is 12.8 Å². The average Bonchev–Trinajstić information content (AvgIpc) is 2.74. The zero-order chi connectivity index (χ0) is 19.9. The molecule has 2 aromatic rings. The van der Waals surface area contributed by atoms with Crippen molar-refractivity contribution in [3.05, 3.63) is 47.5 Å². The first-order valence-electron chi connectivity index (χ1n) is 9.77. The zero-order valence-corrected chi connectivity index (χ0v) is 17.3. The SMILES string of the molecule is COc1ccccc1N1CCC(C)CC1.NCC1COc2ccc(Cl)cc2O1. The van der Waals surface area contributed by atoms with E-state index in [2.05, 4.69) is 24.0 Å². The molecule has 1 atom stereocenters. The summed E-state index contributed by atoms with van der Waals surface area (Å²) >= 11 is 5.80. The minimum Gasteiger partial charge on any atom is -0.495 e. The molecule has 2 N–H and O–H groups in total. The highest BCUT2D eigenvalue weighted by molar-refractivity contribution is 6.30. The van der Waals surface area contributed by atoms with Crippen molar-refractivity contribution in [2.24, 2.45) is 11.7 Å². The Morgan fingerprint density at radius 1 is 1.14 bits per heavy atom. The van der Waals surface area contributed by atoms with Crippen molar-refractivity contribution in [1.82, 2.24) is 0 Å². The van der Waals surface area contributed by atoms with E-state index in [1.807, 2.05) is 12.1 Å². The van der Waals surface area contributed by atoms with Crippen LogP contribution in [0.15, 0.2) is 42.5 Å². The van der Waals surface area contributed by atoms with E-state index < -0.39 is 0 Å². The minimum absolute atomic E-state index is 0.0639. The molecule has 0 amide bonds. The van der Waals surface area contributed by atoms with Gasteiger partial charge >= 0.3 is 0 Å². The topological polar surface area (TPSA) is 57.0 Å². The third-order valence-corrected chi connectivity index (χ3v) is 5.33. The van der Waals surface area contributed by atoms with Gasteiger partial charge in [0.2, 0.25) is 0 Å². The van der Waals surface area contributed by atoms with Crippen molar-refractivity contribution in [3.63, 3.8) is 0 Å². The summed E-state index contributed by atoms with van der Waals surface area (Å²) in [5.41, 5.74) is 6.70. The van der Waals surface area contributed by atoms with Gasteiger partial charge in [0.15, 0.2) is 11.5 Å². The van der Waals surface area contributed by atoms with Crippen molar-refractivity contribution in [1.29, 1.82) is 0 Å². The Morgan fingerprint density at radius 2 is 1.89 bits per heavy atom. The number of rotatable bonds is 3. The fourth-order valence-corrected chi connectivity index (χ4v) is 3.51. The number of methoxy groups -OCH3 is 1. The van der Waals surface area contributed by atoms with Crippen LogP contribution in [0.25, 0.3) is 0 Å². The highest BCUT2D eigenvalue weighted by Crippen LogP contribution is 2.34. The second kappa shape index (κ2) is 9.89. The lowest BCUT2D eigenvalue weighted by atomic mass is 9.99. The normalized spacial score (nSPS) is 18.9. The number of fused-ring (bicyclic) bond motifs is 1. The molecule has 5 nitrogen and oxygen atoms in total. The summed E-state index contributed by atoms with van der Waals surface area (Å²) in [6.45, 7) is 5.60. The average molecular weight is 405 g/mol. The largest absolute Gasteiger partial charge is 0.495 e. The van der Waals surface area contributed by atoms with Crippen LogP contribution in [-0.2, 0) is 0 Å². The van der Waals surface area contributed by atoms with Crippen LogP contribution in [0.1, 0.15) is 19.8 Å². The van der Waals surface area contributed by atoms with Gasteiger partial charge in [-0.15, -0.1) is 0 Å². The van der Waals surface area contributed by atoms with Gasteiger partial charge in [-0.2, -0.15) is 0 Å². The molecule has 0 saturated carbocycles. The summed E-state index contributed by atoms with van der Waals surface area (Å²) in [7, 11) is 1.74. The summed E-state index contributed by atoms with van der Waals surface area (Å²) in [5, 5.41) is 0.639. The quantitative estimate of drug-likeness (QED) is 0.823. The lowest BCUT2D eigenvalue weighted by molar-refractivity contribution is 0.0969. The Kier molecular flexibility index (Phi) is 7.29. The van der Waals surface area contributed by atoms with Gasteiger partial charge in [-0.3, -0.25) is 0 Å². The molecule has 152 valence electrons. The Bertz CT molecular complexity index is 763. The van der Waals surface area contributed by atoms with Gasteiger partial charge in [0.25, 0.3) is 0 Å². The van der Waals surface area contributed by atoms with Crippen LogP contribution in [0.4, 0.5) is 5.69 Å². The maximum Gasteiger partial charge on any atom is 0.163 e. The van der Waals surface area contributed by atoms with E-state index in [9.17, 15) is 0 Å². The first-order valence-corrected chi connectivity index (χ1v) is 10.2. The summed E-state index contributed by atoms with van der Waals surface area (Å²) in [5.74, 6) is 3.27. The molecule has 0 aliphatic carbocycles. The molecule has 28 heavy (non-hydrogen) atoms. The lowest BCUT2D eigenvalue weighted by Gasteiger charge is -2.32. The number of hydrogen-bond donors (Lipinski definition) is 1. The smallest absolute Gasteiger partial charge is 0.163 e. The molecule has 2 aliphatic rings. The number of anilines is 1. The molecule has 2 aromatic carbocycles. The molecule has 2 aliphatic heterocycles. The second-order valence-electron chi connectivity index (χ2n) is 7.22. The van der Waals surface area contributed by atoms with Crippen LogP contribution in [0.5, 0.6) is 17.2 Å². The fourth-order valence-electron chi connectivity index (χ4n) is 3.35. The molecule has 0 bridgehead atoms. The zero-order valence-electron chi connectivity index (χ0n) is 16.6. The molecule has 0 spiro atoms. The number of benzene rings is 2. The monoisotopic (exact) mass is 404 g/mol. The molecule has 6 heteroatoms. The first-order chi connectivity index (χ1) is 13.6. The van der Waals surface area contributed by atoms with Gasteiger partial charge < -0.3 is 24.8 Å². The van der Waals surface area contributed by atoms with E-state index in [1.54, 1.807) is 25.3 Å². The van der Waals surface area contributed by atoms with E-state index in [1.165, 1.54) is 18.5 Å². The second-order valence-corrected chi connectivity index (χ2v) is 7.66. The standard InChI is InChI=1S/C13H19NO.C9H10ClNO2/c1-11-7-9-14(10-8-11)12-5-3-4-6-13(12)15-2;10-6-1-2-8-9(3-6)13-7(4-11)5-12-8/h3-6,11H,7-10H2,1-2H3;1-3,7H,4-5,11H2. The highest BCUT2D eigenvalue weighted by atomic mass is 35.5. The molecule has 1 unspecified atom stereocenters. The summed E-state index contributed by atoms with van der Waals surface area (Å²) < 4.78 is 16.3. The molecule has 1 fully saturated rings. The molecule has 4 rings (SSSR count). The first kappa shape index (κ1) is 20.6. The third kappa shape index (κ3) is 5.24. The van der Waals surface area contributed by atoms with Crippen molar-refractivity contribution < 1.29 is 14.2 Å². The molecule has 2 heterocycles. The molecular weight excluding hydrogens is 376 g/mol. The molecular formula is C22H29ClN2O3. The van der Waals surface area contributed by atoms with E-state index in [4.69, 9.17) is 31.5 Å². The summed E-state index contributed by atoms with van der Waals surface area (Å²) in [4.78, 5) is 2.43. The van der Waals surface area contributed by atoms with Crippen molar-refractivity contribution >= 4 is 17.3 Å². The number of hydrogen-bond acceptors (Lipinski definition) is 5.